The van der Waals surface area contributed by atoms with Crippen LogP contribution in [0.4, 0.5) is 5.82 Å². The van der Waals surface area contributed by atoms with Crippen LogP contribution < -0.4 is 11.1 Å². The molecule has 98 valence electrons. The van der Waals surface area contributed by atoms with Crippen LogP contribution in [0.25, 0.3) is 0 Å². The van der Waals surface area contributed by atoms with Crippen LogP contribution in [0.15, 0.2) is 48.7 Å². The van der Waals surface area contributed by atoms with Crippen molar-refractivity contribution in [3.05, 3.63) is 59.8 Å². The second-order valence-corrected chi connectivity index (χ2v) is 4.31. The third-order valence-corrected chi connectivity index (χ3v) is 2.84. The zero-order valence-corrected chi connectivity index (χ0v) is 10.7. The number of aryl methyl sites for hydroxylation is 1. The van der Waals surface area contributed by atoms with Crippen molar-refractivity contribution in [1.29, 1.82) is 0 Å². The first-order valence-corrected chi connectivity index (χ1v) is 6.29. The number of nitrogens with two attached hydrogens (primary N) is 1. The van der Waals surface area contributed by atoms with E-state index in [2.05, 4.69) is 22.4 Å². The molecule has 0 bridgehead atoms. The average molecular weight is 255 g/mol. The minimum atomic E-state index is -0.455. The van der Waals surface area contributed by atoms with Gasteiger partial charge in [-0.2, -0.15) is 0 Å². The van der Waals surface area contributed by atoms with Crippen LogP contribution in [-0.2, 0) is 6.42 Å². The molecular formula is C15H17N3O. The van der Waals surface area contributed by atoms with Gasteiger partial charge in [-0.05, 0) is 30.5 Å². The molecule has 4 heteroatoms. The maximum Gasteiger partial charge on any atom is 0.250 e. The Morgan fingerprint density at radius 2 is 1.95 bits per heavy atom. The van der Waals surface area contributed by atoms with Crippen LogP contribution in [0, 0.1) is 0 Å². The molecule has 2 aromatic rings. The van der Waals surface area contributed by atoms with Crippen molar-refractivity contribution in [2.75, 3.05) is 11.9 Å². The first-order chi connectivity index (χ1) is 9.25. The molecule has 0 saturated heterocycles. The summed E-state index contributed by atoms with van der Waals surface area (Å²) in [6, 6.07) is 13.8. The van der Waals surface area contributed by atoms with Gasteiger partial charge in [0.2, 0.25) is 5.91 Å². The largest absolute Gasteiger partial charge is 0.370 e. The van der Waals surface area contributed by atoms with Gasteiger partial charge in [0, 0.05) is 12.7 Å². The van der Waals surface area contributed by atoms with E-state index in [0.717, 1.165) is 25.2 Å². The lowest BCUT2D eigenvalue weighted by molar-refractivity contribution is 0.1000. The van der Waals surface area contributed by atoms with Gasteiger partial charge >= 0.3 is 0 Å². The minimum Gasteiger partial charge on any atom is -0.370 e. The normalized spacial score (nSPS) is 10.1. The Kier molecular flexibility index (Phi) is 4.50. The summed E-state index contributed by atoms with van der Waals surface area (Å²) in [4.78, 5) is 15.0. The predicted octanol–water partition coefficient (Wildman–Crippen LogP) is 2.23. The van der Waals surface area contributed by atoms with Crippen LogP contribution in [-0.4, -0.2) is 17.4 Å². The molecule has 0 unspecified atom stereocenters. The number of nitrogens with one attached hydrogen (secondary N) is 1. The summed E-state index contributed by atoms with van der Waals surface area (Å²) in [7, 11) is 0. The van der Waals surface area contributed by atoms with Crippen LogP contribution in [0.1, 0.15) is 22.3 Å². The van der Waals surface area contributed by atoms with E-state index in [-0.39, 0.29) is 0 Å². The number of hydrogen-bond donors (Lipinski definition) is 2. The van der Waals surface area contributed by atoms with E-state index in [1.165, 1.54) is 11.8 Å². The number of hydrogen-bond acceptors (Lipinski definition) is 3. The van der Waals surface area contributed by atoms with Crippen molar-refractivity contribution in [2.24, 2.45) is 5.73 Å². The predicted molar refractivity (Wildman–Crippen MR) is 76.0 cm³/mol. The molecule has 1 aromatic heterocycles. The van der Waals surface area contributed by atoms with Gasteiger partial charge in [-0.25, -0.2) is 4.98 Å². The van der Waals surface area contributed by atoms with Gasteiger partial charge in [0.05, 0.1) is 5.56 Å². The van der Waals surface area contributed by atoms with Crippen molar-refractivity contribution >= 4 is 11.7 Å². The third kappa shape index (κ3) is 4.10. The lowest BCUT2D eigenvalue weighted by Gasteiger charge is -2.06. The standard InChI is InChI=1S/C15H17N3O/c16-15(19)13-8-9-14(18-11-13)17-10-4-7-12-5-2-1-3-6-12/h1-3,5-6,8-9,11H,4,7,10H2,(H2,16,19)(H,17,18). The Labute approximate surface area is 112 Å². The number of amides is 1. The van der Waals surface area contributed by atoms with E-state index < -0.39 is 5.91 Å². The van der Waals surface area contributed by atoms with Crippen LogP contribution in [0.2, 0.25) is 0 Å². The lowest BCUT2D eigenvalue weighted by atomic mass is 10.1. The Bertz CT molecular complexity index is 523. The Hall–Kier alpha value is -2.36. The molecule has 0 atom stereocenters. The van der Waals surface area contributed by atoms with Crippen LogP contribution >= 0.6 is 0 Å². The van der Waals surface area contributed by atoms with E-state index in [4.69, 9.17) is 5.73 Å². The average Bonchev–Trinajstić information content (AvgIpc) is 2.45. The summed E-state index contributed by atoms with van der Waals surface area (Å²) in [6.07, 6.45) is 3.55. The summed E-state index contributed by atoms with van der Waals surface area (Å²) < 4.78 is 0. The molecule has 2 rings (SSSR count). The highest BCUT2D eigenvalue weighted by Crippen LogP contribution is 2.06. The molecule has 0 fully saturated rings. The van der Waals surface area contributed by atoms with E-state index in [0.29, 0.717) is 5.56 Å². The number of pyridine rings is 1. The monoisotopic (exact) mass is 255 g/mol. The Balaban J connectivity index is 1.75. The number of aromatic nitrogens is 1. The first kappa shape index (κ1) is 13.1. The first-order valence-electron chi connectivity index (χ1n) is 6.29. The summed E-state index contributed by atoms with van der Waals surface area (Å²) in [5.74, 6) is 0.307. The van der Waals surface area contributed by atoms with Crippen molar-refractivity contribution in [2.45, 2.75) is 12.8 Å². The quantitative estimate of drug-likeness (QED) is 0.778. The molecule has 0 aliphatic rings. The van der Waals surface area contributed by atoms with Crippen molar-refractivity contribution in [3.8, 4) is 0 Å². The van der Waals surface area contributed by atoms with Crippen molar-refractivity contribution < 1.29 is 4.79 Å². The summed E-state index contributed by atoms with van der Waals surface area (Å²) in [5, 5.41) is 3.22. The maximum absolute atomic E-state index is 10.9. The number of anilines is 1. The topological polar surface area (TPSA) is 68.0 Å². The zero-order valence-electron chi connectivity index (χ0n) is 10.7. The second kappa shape index (κ2) is 6.54. The van der Waals surface area contributed by atoms with E-state index in [9.17, 15) is 4.79 Å². The number of benzene rings is 1. The maximum atomic E-state index is 10.9. The summed E-state index contributed by atoms with van der Waals surface area (Å²) in [6.45, 7) is 0.845. The zero-order chi connectivity index (χ0) is 13.5. The SMILES string of the molecule is NC(=O)c1ccc(NCCCc2ccccc2)nc1. The molecule has 19 heavy (non-hydrogen) atoms. The van der Waals surface area contributed by atoms with Crippen LogP contribution in [0.5, 0.6) is 0 Å². The number of nitrogens with zero attached hydrogens (tertiary/aromatic N) is 1. The third-order valence-electron chi connectivity index (χ3n) is 2.84. The van der Waals surface area contributed by atoms with E-state index in [1.54, 1.807) is 12.1 Å². The molecule has 0 saturated carbocycles. The summed E-state index contributed by atoms with van der Waals surface area (Å²) in [5.41, 5.74) is 6.91. The fourth-order valence-electron chi connectivity index (χ4n) is 1.80. The highest BCUT2D eigenvalue weighted by Gasteiger charge is 2.00. The number of carbonyl (C=O) groups excluding carboxylic acids is 1. The fraction of sp³-hybridized carbons (Fsp3) is 0.200. The molecular weight excluding hydrogens is 238 g/mol. The van der Waals surface area contributed by atoms with Crippen molar-refractivity contribution in [3.63, 3.8) is 0 Å². The molecule has 4 nitrogen and oxygen atoms in total. The second-order valence-electron chi connectivity index (χ2n) is 4.31. The molecule has 1 amide bonds. The minimum absolute atomic E-state index is 0.426. The number of carbonyl (C=O) groups is 1. The van der Waals surface area contributed by atoms with Crippen molar-refractivity contribution in [1.82, 2.24) is 4.98 Å². The van der Waals surface area contributed by atoms with Gasteiger partial charge in [0.1, 0.15) is 5.82 Å². The molecule has 0 spiro atoms. The van der Waals surface area contributed by atoms with E-state index in [1.807, 2.05) is 18.2 Å². The van der Waals surface area contributed by atoms with Crippen LogP contribution in [0.3, 0.4) is 0 Å². The molecule has 0 aliphatic carbocycles. The number of primary amides is 1. The van der Waals surface area contributed by atoms with Gasteiger partial charge in [-0.1, -0.05) is 30.3 Å². The van der Waals surface area contributed by atoms with Gasteiger partial charge in [0.25, 0.3) is 0 Å². The number of rotatable bonds is 6. The highest BCUT2D eigenvalue weighted by molar-refractivity contribution is 5.92. The summed E-state index contributed by atoms with van der Waals surface area (Å²) >= 11 is 0. The van der Waals surface area contributed by atoms with E-state index >= 15 is 0 Å². The molecule has 3 N–H and O–H groups in total. The van der Waals surface area contributed by atoms with Gasteiger partial charge in [0.15, 0.2) is 0 Å². The molecule has 1 heterocycles. The van der Waals surface area contributed by atoms with Gasteiger partial charge in [-0.3, -0.25) is 4.79 Å². The Morgan fingerprint density at radius 1 is 1.16 bits per heavy atom. The smallest absolute Gasteiger partial charge is 0.250 e. The molecule has 1 aromatic carbocycles. The molecule has 0 aliphatic heterocycles. The van der Waals surface area contributed by atoms with Gasteiger partial charge in [-0.15, -0.1) is 0 Å². The van der Waals surface area contributed by atoms with Gasteiger partial charge < -0.3 is 11.1 Å². The highest BCUT2D eigenvalue weighted by atomic mass is 16.1. The lowest BCUT2D eigenvalue weighted by Crippen LogP contribution is -2.11. The Morgan fingerprint density at radius 3 is 2.58 bits per heavy atom. The fourth-order valence-corrected chi connectivity index (χ4v) is 1.80. The molecule has 0 radical (unpaired) electrons.